The monoisotopic (exact) mass is 317 g/mol. The van der Waals surface area contributed by atoms with Crippen molar-refractivity contribution >= 4 is 28.9 Å². The maximum atomic E-state index is 11.8. The first kappa shape index (κ1) is 15.5. The lowest BCUT2D eigenvalue weighted by Crippen LogP contribution is -2.21. The Morgan fingerprint density at radius 3 is 2.77 bits per heavy atom. The number of hydrogen-bond donors (Lipinski definition) is 2. The molecule has 0 bridgehead atoms. The lowest BCUT2D eigenvalue weighted by molar-refractivity contribution is 0.0958. The molecule has 112 valence electrons. The fraction of sp³-hybridized carbons (Fsp3) is 0.143. The van der Waals surface area contributed by atoms with Crippen LogP contribution >= 0.6 is 11.6 Å². The van der Waals surface area contributed by atoms with Gasteiger partial charge in [0.05, 0.1) is 24.0 Å². The van der Waals surface area contributed by atoms with Crippen molar-refractivity contribution in [3.8, 4) is 11.8 Å². The molecule has 7 nitrogen and oxygen atoms in total. The second-order valence-corrected chi connectivity index (χ2v) is 4.52. The Bertz CT molecular complexity index is 757. The summed E-state index contributed by atoms with van der Waals surface area (Å²) < 4.78 is 5.24. The number of aromatic nitrogens is 2. The minimum absolute atomic E-state index is 0.0799. The first-order valence-electron chi connectivity index (χ1n) is 6.20. The van der Waals surface area contributed by atoms with Gasteiger partial charge in [0.1, 0.15) is 6.07 Å². The molecule has 0 spiro atoms. The summed E-state index contributed by atoms with van der Waals surface area (Å²) in [6.45, 7) is 0. The van der Waals surface area contributed by atoms with Crippen molar-refractivity contribution in [3.63, 3.8) is 0 Å². The van der Waals surface area contributed by atoms with Crippen LogP contribution in [0.25, 0.3) is 0 Å². The van der Waals surface area contributed by atoms with E-state index in [1.807, 2.05) is 6.07 Å². The quantitative estimate of drug-likeness (QED) is 0.896. The summed E-state index contributed by atoms with van der Waals surface area (Å²) in [6.07, 6.45) is 0. The van der Waals surface area contributed by atoms with Crippen LogP contribution in [0.1, 0.15) is 16.1 Å². The number of rotatable bonds is 4. The van der Waals surface area contributed by atoms with Gasteiger partial charge in [-0.05, 0) is 12.1 Å². The number of hydrogen-bond acceptors (Lipinski definition) is 6. The zero-order chi connectivity index (χ0) is 16.1. The largest absolute Gasteiger partial charge is 0.493 e. The Balaban J connectivity index is 2.50. The summed E-state index contributed by atoms with van der Waals surface area (Å²) in [4.78, 5) is 11.8. The van der Waals surface area contributed by atoms with Crippen molar-refractivity contribution in [3.05, 3.63) is 40.7 Å². The van der Waals surface area contributed by atoms with E-state index in [1.54, 1.807) is 18.2 Å². The molecule has 1 heterocycles. The van der Waals surface area contributed by atoms with Crippen LogP contribution in [0.4, 0.5) is 11.4 Å². The molecule has 1 aromatic carbocycles. The summed E-state index contributed by atoms with van der Waals surface area (Å²) in [5.74, 6) is -0.0529. The highest BCUT2D eigenvalue weighted by Crippen LogP contribution is 2.32. The maximum absolute atomic E-state index is 11.8. The molecule has 1 aromatic heterocycles. The number of halogens is 1. The van der Waals surface area contributed by atoms with Gasteiger partial charge < -0.3 is 15.4 Å². The first-order chi connectivity index (χ1) is 10.6. The summed E-state index contributed by atoms with van der Waals surface area (Å²) in [5.41, 5.74) is 1.31. The molecule has 8 heteroatoms. The number of nitrogens with one attached hydrogen (secondary N) is 2. The molecule has 0 atom stereocenters. The molecule has 0 fully saturated rings. The summed E-state index contributed by atoms with van der Waals surface area (Å²) in [7, 11) is 2.94. The zero-order valence-corrected chi connectivity index (χ0v) is 12.6. The molecule has 0 aliphatic carbocycles. The van der Waals surface area contributed by atoms with Gasteiger partial charge >= 0.3 is 0 Å². The molecule has 0 aliphatic rings. The van der Waals surface area contributed by atoms with Crippen molar-refractivity contribution in [2.24, 2.45) is 0 Å². The van der Waals surface area contributed by atoms with Crippen LogP contribution in [0.2, 0.25) is 5.15 Å². The number of amides is 1. The normalized spacial score (nSPS) is 9.73. The van der Waals surface area contributed by atoms with Gasteiger partial charge in [0.15, 0.2) is 16.6 Å². The third-order valence-electron chi connectivity index (χ3n) is 2.82. The predicted octanol–water partition coefficient (Wildman–Crippen LogP) is 2.11. The highest BCUT2D eigenvalue weighted by atomic mass is 35.5. The molecule has 0 radical (unpaired) electrons. The van der Waals surface area contributed by atoms with Gasteiger partial charge in [-0.1, -0.05) is 17.7 Å². The van der Waals surface area contributed by atoms with Crippen molar-refractivity contribution in [2.75, 3.05) is 19.5 Å². The van der Waals surface area contributed by atoms with Gasteiger partial charge in [0, 0.05) is 13.1 Å². The molecule has 0 saturated heterocycles. The van der Waals surface area contributed by atoms with Gasteiger partial charge in [-0.3, -0.25) is 4.79 Å². The van der Waals surface area contributed by atoms with Crippen molar-refractivity contribution in [1.29, 1.82) is 5.26 Å². The highest BCUT2D eigenvalue weighted by Gasteiger charge is 2.16. The Hall–Kier alpha value is -2.85. The molecule has 0 aliphatic heterocycles. The van der Waals surface area contributed by atoms with Crippen LogP contribution in [0.3, 0.4) is 0 Å². The number of carbonyl (C=O) groups is 1. The number of benzene rings is 1. The lowest BCUT2D eigenvalue weighted by atomic mass is 10.1. The Morgan fingerprint density at radius 2 is 2.14 bits per heavy atom. The van der Waals surface area contributed by atoms with Crippen molar-refractivity contribution in [2.45, 2.75) is 0 Å². The molecule has 2 aromatic rings. The van der Waals surface area contributed by atoms with Crippen LogP contribution in [-0.4, -0.2) is 30.3 Å². The third kappa shape index (κ3) is 3.07. The summed E-state index contributed by atoms with van der Waals surface area (Å²) in [6, 6.07) is 8.53. The van der Waals surface area contributed by atoms with Gasteiger partial charge in [0.2, 0.25) is 0 Å². The number of para-hydroxylation sites is 1. The Labute approximate surface area is 131 Å². The molecule has 22 heavy (non-hydrogen) atoms. The van der Waals surface area contributed by atoms with E-state index in [2.05, 4.69) is 20.8 Å². The number of nitrogens with zero attached hydrogens (tertiary/aromatic N) is 3. The number of nitriles is 1. The predicted molar refractivity (Wildman–Crippen MR) is 81.4 cm³/mol. The van der Waals surface area contributed by atoms with Crippen LogP contribution < -0.4 is 15.4 Å². The summed E-state index contributed by atoms with van der Waals surface area (Å²) in [5, 5.41) is 22.1. The van der Waals surface area contributed by atoms with E-state index in [0.717, 1.165) is 0 Å². The number of carbonyl (C=O) groups excluding carboxylic acids is 1. The minimum Gasteiger partial charge on any atom is -0.493 e. The fourth-order valence-corrected chi connectivity index (χ4v) is 1.98. The van der Waals surface area contributed by atoms with Gasteiger partial charge in [-0.15, -0.1) is 10.2 Å². The van der Waals surface area contributed by atoms with Crippen LogP contribution in [0.15, 0.2) is 24.3 Å². The SMILES string of the molecule is CNC(=O)c1nnc(Cl)cc1Nc1cccc(C#N)c1OC. The number of ether oxygens (including phenoxy) is 1. The smallest absolute Gasteiger partial charge is 0.273 e. The molecule has 2 rings (SSSR count). The topological polar surface area (TPSA) is 99.9 Å². The highest BCUT2D eigenvalue weighted by molar-refractivity contribution is 6.29. The average Bonchev–Trinajstić information content (AvgIpc) is 2.54. The number of methoxy groups -OCH3 is 1. The Morgan fingerprint density at radius 1 is 1.36 bits per heavy atom. The van der Waals surface area contributed by atoms with Gasteiger partial charge in [0.25, 0.3) is 5.91 Å². The van der Waals surface area contributed by atoms with E-state index < -0.39 is 5.91 Å². The van der Waals surface area contributed by atoms with E-state index in [-0.39, 0.29) is 10.8 Å². The van der Waals surface area contributed by atoms with E-state index in [4.69, 9.17) is 21.6 Å². The minimum atomic E-state index is -0.415. The molecule has 0 unspecified atom stereocenters. The maximum Gasteiger partial charge on any atom is 0.273 e. The molecule has 0 saturated carbocycles. The van der Waals surface area contributed by atoms with Gasteiger partial charge in [-0.2, -0.15) is 5.26 Å². The molecular formula is C14H12ClN5O2. The second-order valence-electron chi connectivity index (χ2n) is 4.13. The lowest BCUT2D eigenvalue weighted by Gasteiger charge is -2.14. The summed E-state index contributed by atoms with van der Waals surface area (Å²) >= 11 is 5.83. The molecule has 2 N–H and O–H groups in total. The average molecular weight is 318 g/mol. The Kier molecular flexibility index (Phi) is 4.76. The zero-order valence-electron chi connectivity index (χ0n) is 11.8. The second kappa shape index (κ2) is 6.74. The van der Waals surface area contributed by atoms with E-state index in [9.17, 15) is 4.79 Å². The van der Waals surface area contributed by atoms with Crippen molar-refractivity contribution in [1.82, 2.24) is 15.5 Å². The number of anilines is 2. The van der Waals surface area contributed by atoms with E-state index in [1.165, 1.54) is 20.2 Å². The van der Waals surface area contributed by atoms with E-state index in [0.29, 0.717) is 22.7 Å². The van der Waals surface area contributed by atoms with E-state index >= 15 is 0 Å². The standard InChI is InChI=1S/C14H12ClN5O2/c1-17-14(21)12-10(6-11(15)19-20-12)18-9-5-3-4-8(7-16)13(9)22-2/h3-6H,1-2H3,(H,17,21)(H,18,19). The fourth-order valence-electron chi connectivity index (χ4n) is 1.84. The molecule has 1 amide bonds. The third-order valence-corrected chi connectivity index (χ3v) is 3.00. The van der Waals surface area contributed by atoms with Gasteiger partial charge in [-0.25, -0.2) is 0 Å². The van der Waals surface area contributed by atoms with Crippen molar-refractivity contribution < 1.29 is 9.53 Å². The molecular weight excluding hydrogens is 306 g/mol. The van der Waals surface area contributed by atoms with Crippen LogP contribution in [0.5, 0.6) is 5.75 Å². The van der Waals surface area contributed by atoms with Crippen LogP contribution in [0, 0.1) is 11.3 Å². The van der Waals surface area contributed by atoms with Crippen LogP contribution in [-0.2, 0) is 0 Å². The first-order valence-corrected chi connectivity index (χ1v) is 6.58.